The Morgan fingerprint density at radius 2 is 0.857 bits per heavy atom. The first-order valence-electron chi connectivity index (χ1n) is 22.1. The van der Waals surface area contributed by atoms with Crippen LogP contribution in [0.3, 0.4) is 0 Å². The first-order chi connectivity index (χ1) is 33.2. The second-order valence-electron chi connectivity index (χ2n) is 15.7. The standard InChI is InChI=1S/C61H49ClO5S.2Pd/c1-3-68-61(54(42-50-32-20-9-21-33-50)58(66)39-36-47-26-14-6-15-27-47)51(44-63)43-55(62)59(52(40-48-28-16-7-17-29-48)56(64)37-34-45-22-10-4-11-23-45)60(61,67-2)53(41-49-30-18-8-19-31-49)57(65)38-35-46-24-12-5-13-25-46;;/h4-44H,3H2,1-2H3;;. The van der Waals surface area contributed by atoms with Gasteiger partial charge in [-0.25, -0.2) is 0 Å². The molecule has 1 aliphatic rings. The van der Waals surface area contributed by atoms with Crippen molar-refractivity contribution < 1.29 is 64.8 Å². The molecule has 0 fully saturated rings. The summed E-state index contributed by atoms with van der Waals surface area (Å²) >= 11 is 8.89. The van der Waals surface area contributed by atoms with Crippen molar-refractivity contribution in [1.82, 2.24) is 0 Å². The minimum atomic E-state index is -2.21. The minimum absolute atomic E-state index is 0. The Balaban J connectivity index is 0.00000456. The quantitative estimate of drug-likeness (QED) is 0.0457. The van der Waals surface area contributed by atoms with Crippen molar-refractivity contribution in [2.75, 3.05) is 12.9 Å². The zero-order chi connectivity index (χ0) is 47.8. The number of rotatable bonds is 19. The Morgan fingerprint density at radius 1 is 0.514 bits per heavy atom. The van der Waals surface area contributed by atoms with E-state index in [1.807, 2.05) is 189 Å². The number of hydrogen-bond donors (Lipinski definition) is 0. The van der Waals surface area contributed by atoms with Gasteiger partial charge in [-0.15, -0.1) is 11.8 Å². The van der Waals surface area contributed by atoms with Crippen molar-refractivity contribution in [1.29, 1.82) is 0 Å². The SMILES string of the molecule is CCSC1(C(=Cc2ccccc2)C(=O)C=Cc2ccccc2)C(C=O)=CC(Cl)=C(C(=Cc2ccccc2)C(=O)C=Cc2ccccc2)C1(OC)C(=Cc1ccccc1)C(=O)C=Cc1ccccc1.[Pd].[Pd]. The molecule has 70 heavy (non-hydrogen) atoms. The number of aldehydes is 1. The van der Waals surface area contributed by atoms with Crippen LogP contribution in [0.2, 0.25) is 0 Å². The van der Waals surface area contributed by atoms with Gasteiger partial charge in [-0.2, -0.15) is 0 Å². The average molecular weight is 1140 g/mol. The average Bonchev–Trinajstić information content (AvgIpc) is 3.39. The van der Waals surface area contributed by atoms with Crippen molar-refractivity contribution in [3.05, 3.63) is 273 Å². The molecule has 0 saturated heterocycles. The van der Waals surface area contributed by atoms with E-state index in [0.29, 0.717) is 28.7 Å². The van der Waals surface area contributed by atoms with E-state index in [1.54, 1.807) is 36.5 Å². The van der Waals surface area contributed by atoms with Crippen LogP contribution in [0.25, 0.3) is 36.5 Å². The summed E-state index contributed by atoms with van der Waals surface area (Å²) in [6.07, 6.45) is 16.8. The smallest absolute Gasteiger partial charge is 0.186 e. The fourth-order valence-electron chi connectivity index (χ4n) is 8.38. The van der Waals surface area contributed by atoms with E-state index in [9.17, 15) is 4.79 Å². The second-order valence-corrected chi connectivity index (χ2v) is 17.6. The summed E-state index contributed by atoms with van der Waals surface area (Å²) in [7, 11) is 1.44. The van der Waals surface area contributed by atoms with Crippen LogP contribution in [0.4, 0.5) is 0 Å². The van der Waals surface area contributed by atoms with Gasteiger partial charge in [0.05, 0.1) is 0 Å². The van der Waals surface area contributed by atoms with Crippen molar-refractivity contribution in [2.24, 2.45) is 0 Å². The summed E-state index contributed by atoms with van der Waals surface area (Å²) in [6, 6.07) is 56.0. The van der Waals surface area contributed by atoms with Crippen molar-refractivity contribution in [2.45, 2.75) is 17.3 Å². The van der Waals surface area contributed by atoms with Gasteiger partial charge in [0.1, 0.15) is 16.6 Å². The molecule has 356 valence electrons. The summed E-state index contributed by atoms with van der Waals surface area (Å²) in [5.74, 6) is -1.16. The number of thioether (sulfide) groups is 1. The third-order valence-electron chi connectivity index (χ3n) is 11.4. The second kappa shape index (κ2) is 26.7. The van der Waals surface area contributed by atoms with Gasteiger partial charge in [0, 0.05) is 80.9 Å². The maximum absolute atomic E-state index is 15.8. The van der Waals surface area contributed by atoms with Crippen molar-refractivity contribution >= 4 is 83.5 Å². The Morgan fingerprint density at radius 3 is 1.23 bits per heavy atom. The van der Waals surface area contributed by atoms with Crippen LogP contribution in [0.15, 0.2) is 239 Å². The molecule has 0 radical (unpaired) electrons. The Bertz CT molecular complexity index is 3000. The van der Waals surface area contributed by atoms with Gasteiger partial charge >= 0.3 is 0 Å². The fourth-order valence-corrected chi connectivity index (χ4v) is 10.3. The number of halogens is 1. The molecule has 2 unspecified atom stereocenters. The fraction of sp³-hybridized carbons (Fsp3) is 0.0820. The molecule has 0 aliphatic heterocycles. The van der Waals surface area contributed by atoms with Crippen LogP contribution in [-0.2, 0) is 64.8 Å². The van der Waals surface area contributed by atoms with E-state index in [2.05, 4.69) is 0 Å². The van der Waals surface area contributed by atoms with Crippen LogP contribution >= 0.6 is 23.4 Å². The summed E-state index contributed by atoms with van der Waals surface area (Å²) in [5.41, 5.74) is 2.31. The number of carbonyl (C=O) groups excluding carboxylic acids is 4. The van der Waals surface area contributed by atoms with Crippen LogP contribution in [0, 0.1) is 0 Å². The van der Waals surface area contributed by atoms with Crippen LogP contribution in [0.5, 0.6) is 0 Å². The van der Waals surface area contributed by atoms with Crippen LogP contribution in [-0.4, -0.2) is 46.8 Å². The Kier molecular flexibility index (Phi) is 20.9. The van der Waals surface area contributed by atoms with E-state index in [-0.39, 0.29) is 73.7 Å². The molecule has 0 spiro atoms. The maximum atomic E-state index is 15.8. The number of ether oxygens (including phenoxy) is 1. The van der Waals surface area contributed by atoms with Gasteiger partial charge in [-0.05, 0) is 81.7 Å². The molecule has 2 atom stereocenters. The summed E-state index contributed by atoms with van der Waals surface area (Å²) < 4.78 is 5.19. The molecule has 0 bridgehead atoms. The molecule has 0 N–H and O–H groups in total. The topological polar surface area (TPSA) is 77.5 Å². The predicted molar refractivity (Wildman–Crippen MR) is 282 cm³/mol. The third-order valence-corrected chi connectivity index (χ3v) is 13.2. The molecule has 5 nitrogen and oxygen atoms in total. The van der Waals surface area contributed by atoms with Crippen LogP contribution in [0.1, 0.15) is 40.3 Å². The number of hydrogen-bond acceptors (Lipinski definition) is 6. The van der Waals surface area contributed by atoms with Gasteiger partial charge in [0.15, 0.2) is 17.3 Å². The van der Waals surface area contributed by atoms with Gasteiger partial charge < -0.3 is 4.74 Å². The van der Waals surface area contributed by atoms with E-state index in [1.165, 1.54) is 43.2 Å². The van der Waals surface area contributed by atoms with Crippen molar-refractivity contribution in [3.8, 4) is 0 Å². The number of benzene rings is 6. The molecule has 0 amide bonds. The summed E-state index contributed by atoms with van der Waals surface area (Å²) in [5, 5.41) is -0.0324. The number of ketones is 3. The minimum Gasteiger partial charge on any atom is -0.366 e. The van der Waals surface area contributed by atoms with Gasteiger partial charge in [-0.3, -0.25) is 19.2 Å². The first kappa shape index (κ1) is 54.8. The molecular weight excluding hydrogens is 1090 g/mol. The Hall–Kier alpha value is -6.16. The number of allylic oxidation sites excluding steroid dienone is 5. The molecule has 0 saturated carbocycles. The normalized spacial score (nSPS) is 17.5. The van der Waals surface area contributed by atoms with Gasteiger partial charge in [0.25, 0.3) is 0 Å². The summed E-state index contributed by atoms with van der Waals surface area (Å²) in [4.78, 5) is 61.0. The maximum Gasteiger partial charge on any atom is 0.186 e. The van der Waals surface area contributed by atoms with Gasteiger partial charge in [-0.1, -0.05) is 219 Å². The zero-order valence-electron chi connectivity index (χ0n) is 38.3. The third kappa shape index (κ3) is 12.6. The molecule has 0 aromatic heterocycles. The number of carbonyl (C=O) groups is 4. The van der Waals surface area contributed by atoms with E-state index < -0.39 is 27.7 Å². The molecular formula is C61H49ClO5Pd2S. The molecule has 1 aliphatic carbocycles. The van der Waals surface area contributed by atoms with Crippen molar-refractivity contribution in [3.63, 3.8) is 0 Å². The monoisotopic (exact) mass is 1140 g/mol. The molecule has 6 aromatic rings. The number of methoxy groups -OCH3 is 1. The van der Waals surface area contributed by atoms with Crippen LogP contribution < -0.4 is 0 Å². The predicted octanol–water partition coefficient (Wildman–Crippen LogP) is 13.6. The summed E-state index contributed by atoms with van der Waals surface area (Å²) in [6.45, 7) is 1.91. The molecule has 7 rings (SSSR count). The van der Waals surface area contributed by atoms with Gasteiger partial charge in [0.2, 0.25) is 0 Å². The zero-order valence-corrected chi connectivity index (χ0v) is 43.0. The molecule has 9 heteroatoms. The Labute approximate surface area is 447 Å². The van der Waals surface area contributed by atoms with E-state index >= 15 is 14.4 Å². The largest absolute Gasteiger partial charge is 0.366 e. The molecule has 0 heterocycles. The van der Waals surface area contributed by atoms with E-state index in [0.717, 1.165) is 16.7 Å². The first-order valence-corrected chi connectivity index (χ1v) is 23.5. The van der Waals surface area contributed by atoms with E-state index in [4.69, 9.17) is 16.3 Å². The molecule has 6 aromatic carbocycles.